The summed E-state index contributed by atoms with van der Waals surface area (Å²) in [6.07, 6.45) is -0.117. The summed E-state index contributed by atoms with van der Waals surface area (Å²) in [6.45, 7) is 0. The van der Waals surface area contributed by atoms with Crippen LogP contribution in [0.1, 0.15) is 17.5 Å². The Bertz CT molecular complexity index is 1480. The third-order valence-electron chi connectivity index (χ3n) is 4.35. The molecule has 0 aliphatic heterocycles. The fraction of sp³-hybridized carbons (Fsp3) is 0.125. The molecule has 0 spiro atoms. The third kappa shape index (κ3) is 4.85. The lowest BCUT2D eigenvalue weighted by Gasteiger charge is -2.29. The van der Waals surface area contributed by atoms with Crippen molar-refractivity contribution in [1.29, 1.82) is 0 Å². The maximum atomic E-state index is 11.6. The van der Waals surface area contributed by atoms with E-state index in [1.807, 2.05) is 0 Å². The molecule has 0 radical (unpaired) electrons. The summed E-state index contributed by atoms with van der Waals surface area (Å²) in [6, 6.07) is 5.49. The molecular weight excluding hydrogens is 492 g/mol. The fourth-order valence-corrected chi connectivity index (χ4v) is 4.63. The second-order valence-corrected chi connectivity index (χ2v) is 10.9. The molecule has 2 aromatic rings. The Balaban J connectivity index is 2.16. The van der Waals surface area contributed by atoms with Crippen LogP contribution in [0.3, 0.4) is 0 Å². The Labute approximate surface area is 181 Å². The molecule has 1 unspecified atom stereocenters. The molecule has 3 rings (SSSR count). The van der Waals surface area contributed by atoms with E-state index in [0.29, 0.717) is 6.07 Å². The Kier molecular flexibility index (Phi) is 5.75. The lowest BCUT2D eigenvalue weighted by Crippen LogP contribution is -2.29. The van der Waals surface area contributed by atoms with E-state index in [2.05, 4.69) is 10.2 Å². The quantitative estimate of drug-likeness (QED) is 0.288. The first-order chi connectivity index (χ1) is 14.5. The fourth-order valence-electron chi connectivity index (χ4n) is 2.95. The molecule has 0 fully saturated rings. The summed E-state index contributed by atoms with van der Waals surface area (Å²) in [4.78, 5) is -2.06. The number of azo groups is 1. The molecule has 1 atom stereocenters. The molecule has 0 aromatic heterocycles. The highest BCUT2D eigenvalue weighted by molar-refractivity contribution is 7.90. The summed E-state index contributed by atoms with van der Waals surface area (Å²) >= 11 is 0. The zero-order chi connectivity index (χ0) is 24.1. The number of phenolic OH excluding ortho intramolecular Hbond substituents is 1. The smallest absolute Gasteiger partial charge is 0.294 e. The van der Waals surface area contributed by atoms with Gasteiger partial charge in [0.15, 0.2) is 0 Å². The van der Waals surface area contributed by atoms with Gasteiger partial charge >= 0.3 is 0 Å². The molecule has 1 aliphatic carbocycles. The minimum Gasteiger partial charge on any atom is -0.507 e. The highest BCUT2D eigenvalue weighted by atomic mass is 32.2. The van der Waals surface area contributed by atoms with Gasteiger partial charge in [-0.1, -0.05) is 0 Å². The largest absolute Gasteiger partial charge is 0.507 e. The van der Waals surface area contributed by atoms with Crippen LogP contribution in [-0.4, -0.2) is 49.1 Å². The summed E-state index contributed by atoms with van der Waals surface area (Å²) in [7, 11) is -14.2. The number of hydrogen-bond acceptors (Lipinski definition) is 10. The van der Waals surface area contributed by atoms with E-state index in [1.165, 1.54) is 0 Å². The van der Waals surface area contributed by atoms with Gasteiger partial charge in [-0.05, 0) is 42.0 Å². The molecule has 0 saturated carbocycles. The summed E-state index contributed by atoms with van der Waals surface area (Å²) in [5.74, 6) is -0.871. The van der Waals surface area contributed by atoms with Crippen LogP contribution >= 0.6 is 0 Å². The predicted octanol–water partition coefficient (Wildman–Crippen LogP) is 1.45. The van der Waals surface area contributed by atoms with Gasteiger partial charge in [-0.3, -0.25) is 13.7 Å². The van der Waals surface area contributed by atoms with Crippen molar-refractivity contribution in [2.75, 3.05) is 0 Å². The number of benzene rings is 2. The number of aliphatic hydroxyl groups is 1. The number of nitrogens with zero attached hydrogens (tertiary/aromatic N) is 2. The summed E-state index contributed by atoms with van der Waals surface area (Å²) < 4.78 is 95.9. The average molecular weight is 506 g/mol. The SMILES string of the molecule is O=S(=O)(O)C1=Cc2cc(S(=O)(=O)O)cc(O)c2C(O)(N=Nc2ccc(S(=O)(=O)O)cc2)C1. The van der Waals surface area contributed by atoms with Crippen LogP contribution in [0.4, 0.5) is 5.69 Å². The van der Waals surface area contributed by atoms with Crippen molar-refractivity contribution < 1.29 is 49.1 Å². The number of fused-ring (bicyclic) bond motifs is 1. The molecule has 16 heteroatoms. The molecule has 1 aliphatic rings. The van der Waals surface area contributed by atoms with Gasteiger partial charge in [0.25, 0.3) is 30.4 Å². The standard InChI is InChI=1S/C16H14N2O11S3/c19-14-7-12(31(24,25)26)5-9-6-13(32(27,28)29)8-16(20,15(9)14)18-17-10-1-3-11(4-2-10)30(21,22)23/h1-7,19-20H,8H2,(H,21,22,23)(H,24,25,26)(H,27,28,29). The Morgan fingerprint density at radius 1 is 0.812 bits per heavy atom. The van der Waals surface area contributed by atoms with E-state index in [1.54, 1.807) is 0 Å². The lowest BCUT2D eigenvalue weighted by atomic mass is 9.89. The minimum absolute atomic E-state index is 0.0515. The van der Waals surface area contributed by atoms with Crippen LogP contribution < -0.4 is 0 Å². The maximum Gasteiger partial charge on any atom is 0.294 e. The van der Waals surface area contributed by atoms with Crippen LogP contribution in [0.5, 0.6) is 5.75 Å². The highest BCUT2D eigenvalue weighted by Crippen LogP contribution is 2.45. The topological polar surface area (TPSA) is 228 Å². The van der Waals surface area contributed by atoms with E-state index in [4.69, 9.17) is 4.55 Å². The molecule has 0 bridgehead atoms. The number of aromatic hydroxyl groups is 1. The van der Waals surface area contributed by atoms with E-state index >= 15 is 0 Å². The Morgan fingerprint density at radius 2 is 1.38 bits per heavy atom. The number of hydrogen-bond donors (Lipinski definition) is 5. The van der Waals surface area contributed by atoms with Crippen molar-refractivity contribution >= 4 is 42.1 Å². The van der Waals surface area contributed by atoms with Crippen LogP contribution in [-0.2, 0) is 36.1 Å². The minimum atomic E-state index is -4.89. The summed E-state index contributed by atoms with van der Waals surface area (Å²) in [5.41, 5.74) is -3.52. The molecule has 0 saturated heterocycles. The van der Waals surface area contributed by atoms with Crippen molar-refractivity contribution in [1.82, 2.24) is 0 Å². The zero-order valence-corrected chi connectivity index (χ0v) is 18.0. The van der Waals surface area contributed by atoms with E-state index in [0.717, 1.165) is 36.4 Å². The zero-order valence-electron chi connectivity index (χ0n) is 15.6. The van der Waals surface area contributed by atoms with Gasteiger partial charge in [0, 0.05) is 12.5 Å². The van der Waals surface area contributed by atoms with Gasteiger partial charge < -0.3 is 10.2 Å². The Morgan fingerprint density at radius 3 is 1.88 bits per heavy atom. The molecule has 172 valence electrons. The molecule has 2 aromatic carbocycles. The van der Waals surface area contributed by atoms with Gasteiger partial charge in [-0.15, -0.1) is 5.11 Å². The van der Waals surface area contributed by atoms with Gasteiger partial charge in [0.1, 0.15) is 5.75 Å². The molecular formula is C16H14N2O11S3. The highest BCUT2D eigenvalue weighted by Gasteiger charge is 2.42. The number of rotatable bonds is 5. The predicted molar refractivity (Wildman–Crippen MR) is 107 cm³/mol. The number of phenols is 1. The van der Waals surface area contributed by atoms with Gasteiger partial charge in [0.05, 0.1) is 25.9 Å². The lowest BCUT2D eigenvalue weighted by molar-refractivity contribution is 0.0368. The summed E-state index contributed by atoms with van der Waals surface area (Å²) in [5, 5.41) is 28.6. The monoisotopic (exact) mass is 506 g/mol. The molecule has 32 heavy (non-hydrogen) atoms. The second kappa shape index (κ2) is 7.69. The average Bonchev–Trinajstić information content (AvgIpc) is 2.64. The van der Waals surface area contributed by atoms with Crippen LogP contribution in [0.2, 0.25) is 0 Å². The van der Waals surface area contributed by atoms with E-state index in [9.17, 15) is 44.6 Å². The van der Waals surface area contributed by atoms with Crippen molar-refractivity contribution in [3.8, 4) is 5.75 Å². The normalized spacial score (nSPS) is 19.6. The first-order valence-corrected chi connectivity index (χ1v) is 12.6. The van der Waals surface area contributed by atoms with Crippen molar-refractivity contribution in [3.05, 3.63) is 52.4 Å². The van der Waals surface area contributed by atoms with Gasteiger partial charge in [-0.2, -0.15) is 30.4 Å². The first-order valence-electron chi connectivity index (χ1n) is 8.27. The second-order valence-electron chi connectivity index (χ2n) is 6.63. The third-order valence-corrected chi connectivity index (χ3v) is 6.98. The van der Waals surface area contributed by atoms with Crippen molar-refractivity contribution in [2.24, 2.45) is 10.2 Å². The van der Waals surface area contributed by atoms with Crippen molar-refractivity contribution in [3.63, 3.8) is 0 Å². The van der Waals surface area contributed by atoms with E-state index < -0.39 is 68.5 Å². The van der Waals surface area contributed by atoms with E-state index in [-0.39, 0.29) is 11.3 Å². The van der Waals surface area contributed by atoms with Gasteiger partial charge in [0.2, 0.25) is 5.72 Å². The Hall–Kier alpha value is -2.73. The molecule has 5 N–H and O–H groups in total. The molecule has 0 amide bonds. The maximum absolute atomic E-state index is 11.6. The molecule has 0 heterocycles. The van der Waals surface area contributed by atoms with Crippen LogP contribution in [0.25, 0.3) is 6.08 Å². The van der Waals surface area contributed by atoms with Crippen LogP contribution in [0.15, 0.2) is 61.3 Å². The first kappa shape index (κ1) is 23.9. The van der Waals surface area contributed by atoms with Crippen molar-refractivity contribution in [2.45, 2.75) is 21.9 Å². The van der Waals surface area contributed by atoms with Gasteiger partial charge in [-0.25, -0.2) is 0 Å². The molecule has 13 nitrogen and oxygen atoms in total. The van der Waals surface area contributed by atoms with Crippen LogP contribution in [0, 0.1) is 0 Å².